The first-order valence-corrected chi connectivity index (χ1v) is 8.92. The average molecular weight is 419 g/mol. The van der Waals surface area contributed by atoms with Gasteiger partial charge in [0.15, 0.2) is 0 Å². The van der Waals surface area contributed by atoms with Crippen LogP contribution in [0, 0.1) is 42.5 Å². The topological polar surface area (TPSA) is 25.3 Å². The molecule has 2 aromatic rings. The Kier molecular flexibility index (Phi) is 9.27. The largest absolute Gasteiger partial charge is 2.00 e. The predicted molar refractivity (Wildman–Crippen MR) is 118 cm³/mol. The zero-order chi connectivity index (χ0) is 18.3. The van der Waals surface area contributed by atoms with Crippen molar-refractivity contribution in [2.75, 3.05) is 0 Å². The van der Waals surface area contributed by atoms with Gasteiger partial charge in [0.25, 0.3) is 0 Å². The molecule has 0 radical (unpaired) electrons. The summed E-state index contributed by atoms with van der Waals surface area (Å²) in [5.74, 6) is 0. The summed E-state index contributed by atoms with van der Waals surface area (Å²) in [4.78, 5) is 0. The van der Waals surface area contributed by atoms with Crippen molar-refractivity contribution >= 4 is 11.4 Å². The Balaban J connectivity index is 0.00000243. The van der Waals surface area contributed by atoms with Crippen LogP contribution in [0.1, 0.15) is 53.6 Å². The number of aryl methyl sites for hydroxylation is 4. The van der Waals surface area contributed by atoms with Crippen molar-refractivity contribution in [1.29, 1.82) is 0 Å². The monoisotopic (exact) mass is 418 g/mol. The molecule has 3 rings (SSSR count). The maximum absolute atomic E-state index is 11.1. The van der Waals surface area contributed by atoms with E-state index < -0.39 is 0 Å². The third-order valence-corrected chi connectivity index (χ3v) is 4.86. The normalized spacial score (nSPS) is 13.1. The molecule has 2 aromatic carbocycles. The van der Waals surface area contributed by atoms with E-state index in [2.05, 4.69) is 77.9 Å². The van der Waals surface area contributed by atoms with Gasteiger partial charge in [-0.05, 0) is 65.3 Å². The van der Waals surface area contributed by atoms with Gasteiger partial charge in [-0.3, -0.25) is 0 Å². The summed E-state index contributed by atoms with van der Waals surface area (Å²) in [7, 11) is 0. The molecule has 3 heteroatoms. The van der Waals surface area contributed by atoms with Crippen LogP contribution < -0.4 is 0 Å². The fourth-order valence-corrected chi connectivity index (χ4v) is 4.01. The van der Waals surface area contributed by atoms with E-state index in [1.165, 1.54) is 32.5 Å². The number of hydrogen-bond donors (Lipinski definition) is 0. The first-order valence-electron chi connectivity index (χ1n) is 8.92. The second-order valence-corrected chi connectivity index (χ2v) is 7.22. The summed E-state index contributed by atoms with van der Waals surface area (Å²) >= 11 is 0. The summed E-state index contributed by atoms with van der Waals surface area (Å²) in [6.45, 7) is 12.7. The van der Waals surface area contributed by atoms with E-state index in [1.807, 2.05) is 0 Å². The van der Waals surface area contributed by atoms with Crippen molar-refractivity contribution in [3.05, 3.63) is 101 Å². The summed E-state index contributed by atoms with van der Waals surface area (Å²) in [6, 6.07) is 12.9. The molecule has 0 saturated carbocycles. The second-order valence-electron chi connectivity index (χ2n) is 7.22. The van der Waals surface area contributed by atoms with Crippen molar-refractivity contribution in [2.24, 2.45) is 0 Å². The van der Waals surface area contributed by atoms with Gasteiger partial charge in [-0.25, -0.2) is 4.70 Å². The minimum absolute atomic E-state index is 0. The van der Waals surface area contributed by atoms with Crippen LogP contribution in [0.25, 0.3) is 16.9 Å². The molecule has 0 amide bonds. The molecule has 0 spiro atoms. The summed E-state index contributed by atoms with van der Waals surface area (Å²) in [5, 5.41) is 0. The van der Waals surface area contributed by atoms with Crippen molar-refractivity contribution in [2.45, 2.75) is 48.0 Å². The van der Waals surface area contributed by atoms with Gasteiger partial charge in [-0.1, -0.05) is 41.3 Å². The molecule has 1 heterocycles. The third kappa shape index (κ3) is 4.70. The molecule has 1 aliphatic heterocycles. The Hall–Kier alpha value is -1.99. The van der Waals surface area contributed by atoms with E-state index in [0.29, 0.717) is 0 Å². The van der Waals surface area contributed by atoms with Crippen LogP contribution in [0.15, 0.2) is 47.5 Å². The van der Waals surface area contributed by atoms with Crippen molar-refractivity contribution in [3.63, 3.8) is 0 Å². The number of nitrogens with zero attached hydrogens (tertiary/aromatic N) is 2. The molecule has 1 aliphatic rings. The van der Waals surface area contributed by atoms with E-state index in [-0.39, 0.29) is 31.3 Å². The quantitative estimate of drug-likeness (QED) is 0.281. The van der Waals surface area contributed by atoms with Crippen LogP contribution >= 0.6 is 0 Å². The Morgan fingerprint density at radius 2 is 1.04 bits per heavy atom. The van der Waals surface area contributed by atoms with Crippen molar-refractivity contribution in [1.82, 2.24) is 0 Å². The number of allylic oxidation sites excluding steroid dienone is 2. The zero-order valence-corrected chi connectivity index (χ0v) is 19.4. The molecule has 0 aromatic heterocycles. The van der Waals surface area contributed by atoms with Crippen LogP contribution in [0.5, 0.6) is 0 Å². The van der Waals surface area contributed by atoms with E-state index in [0.717, 1.165) is 34.5 Å². The second kappa shape index (κ2) is 9.98. The molecular formula is C25H32N2Ni. The van der Waals surface area contributed by atoms with Gasteiger partial charge < -0.3 is 20.4 Å². The number of rotatable bonds is 3. The Morgan fingerprint density at radius 3 is 1.39 bits per heavy atom. The Labute approximate surface area is 181 Å². The summed E-state index contributed by atoms with van der Waals surface area (Å²) in [6.07, 6.45) is 0.888. The minimum atomic E-state index is 0. The van der Waals surface area contributed by atoms with E-state index in [1.54, 1.807) is 0 Å². The van der Waals surface area contributed by atoms with Crippen LogP contribution in [-0.2, 0) is 16.5 Å². The molecule has 152 valence electrons. The maximum atomic E-state index is 11.1. The van der Waals surface area contributed by atoms with E-state index >= 15 is 0 Å². The molecule has 0 atom stereocenters. The van der Waals surface area contributed by atoms with Gasteiger partial charge in [0.05, 0.1) is 0 Å². The predicted octanol–water partition coefficient (Wildman–Crippen LogP) is 7.42. The molecular weight excluding hydrogens is 387 g/mol. The minimum Gasteiger partial charge on any atom is -0.493 e. The maximum Gasteiger partial charge on any atom is 2.00 e. The molecule has 0 unspecified atom stereocenters. The Morgan fingerprint density at radius 1 is 0.679 bits per heavy atom. The fourth-order valence-electron chi connectivity index (χ4n) is 4.01. The van der Waals surface area contributed by atoms with Crippen LogP contribution in [-0.4, -0.2) is 4.70 Å². The zero-order valence-electron chi connectivity index (χ0n) is 18.4. The van der Waals surface area contributed by atoms with Gasteiger partial charge >= 0.3 is 16.5 Å². The molecule has 0 fully saturated rings. The van der Waals surface area contributed by atoms with Gasteiger partial charge in [0.2, 0.25) is 11.4 Å². The summed E-state index contributed by atoms with van der Waals surface area (Å²) in [5.41, 5.74) is 22.3. The van der Waals surface area contributed by atoms with Gasteiger partial charge in [0, 0.05) is 22.3 Å². The molecule has 0 saturated heterocycles. The standard InChI is InChI=1S/C23H26N2.2CH3.Ni/c1-7-21-18(6)22(19-10-14(2)8-15(3)11-19)25(24)23(21)20-12-16(4)9-17(5)13-20;;;/h8-13H,7H2,1-6H3;2*1H3;/q;2*-1;+2. The first kappa shape index (κ1) is 26.0. The molecule has 0 aliphatic carbocycles. The Bertz CT molecular complexity index is 909. The molecule has 28 heavy (non-hydrogen) atoms. The van der Waals surface area contributed by atoms with Gasteiger partial charge in [-0.15, -0.1) is 0 Å². The first-order chi connectivity index (χ1) is 11.8. The average Bonchev–Trinajstić information content (AvgIpc) is 2.75. The molecule has 2 nitrogen and oxygen atoms in total. The van der Waals surface area contributed by atoms with Gasteiger partial charge in [0.1, 0.15) is 0 Å². The SMILES string of the molecule is CCC1=C(c2cc(C)cc(C)c2)[N+](=[N-])C(c2cc(C)cc(C)c2)=C1C.[CH3-].[CH3-].[Ni+2]. The van der Waals surface area contributed by atoms with Crippen LogP contribution in [0.2, 0.25) is 0 Å². The van der Waals surface area contributed by atoms with Crippen molar-refractivity contribution < 1.29 is 21.2 Å². The van der Waals surface area contributed by atoms with Gasteiger partial charge in [-0.2, -0.15) is 0 Å². The van der Waals surface area contributed by atoms with Crippen LogP contribution in [0.4, 0.5) is 0 Å². The smallest absolute Gasteiger partial charge is 0.493 e. The molecule has 0 N–H and O–H groups in total. The van der Waals surface area contributed by atoms with Crippen molar-refractivity contribution in [3.8, 4) is 0 Å². The van der Waals surface area contributed by atoms with E-state index in [4.69, 9.17) is 0 Å². The summed E-state index contributed by atoms with van der Waals surface area (Å²) < 4.78 is 1.40. The van der Waals surface area contributed by atoms with Crippen LogP contribution in [0.3, 0.4) is 0 Å². The number of hydrogen-bond acceptors (Lipinski definition) is 0. The fraction of sp³-hybridized carbons (Fsp3) is 0.280. The molecule has 0 bridgehead atoms. The third-order valence-electron chi connectivity index (χ3n) is 4.86. The number of benzene rings is 2. The van der Waals surface area contributed by atoms with E-state index in [9.17, 15) is 5.53 Å².